The van der Waals surface area contributed by atoms with E-state index >= 15 is 0 Å². The number of carboxylic acid groups (broad SMARTS) is 1. The van der Waals surface area contributed by atoms with Crippen molar-refractivity contribution in [2.75, 3.05) is 6.54 Å². The highest BCUT2D eigenvalue weighted by molar-refractivity contribution is 9.10. The Balaban J connectivity index is 2.85. The lowest BCUT2D eigenvalue weighted by molar-refractivity contribution is -0.139. The zero-order valence-electron chi connectivity index (χ0n) is 10.3. The lowest BCUT2D eigenvalue weighted by Crippen LogP contribution is -2.38. The first kappa shape index (κ1) is 14.3. The summed E-state index contributed by atoms with van der Waals surface area (Å²) in [5.74, 6) is -0.0406. The van der Waals surface area contributed by atoms with Crippen molar-refractivity contribution in [3.8, 4) is 0 Å². The van der Waals surface area contributed by atoms with E-state index in [0.29, 0.717) is 4.67 Å². The normalized spacial score (nSPS) is 14.9. The Labute approximate surface area is 110 Å². The van der Waals surface area contributed by atoms with Crippen molar-refractivity contribution < 1.29 is 14.3 Å². The Morgan fingerprint density at radius 1 is 1.53 bits per heavy atom. The van der Waals surface area contributed by atoms with Gasteiger partial charge in [-0.3, -0.25) is 9.69 Å². The molecule has 1 rings (SSSR count). The van der Waals surface area contributed by atoms with Gasteiger partial charge in [-0.15, -0.1) is 0 Å². The van der Waals surface area contributed by atoms with Gasteiger partial charge in [0.05, 0.1) is 12.6 Å². The van der Waals surface area contributed by atoms with Crippen molar-refractivity contribution in [1.82, 2.24) is 4.90 Å². The van der Waals surface area contributed by atoms with Crippen molar-refractivity contribution in [3.05, 3.63) is 22.6 Å². The summed E-state index contributed by atoms with van der Waals surface area (Å²) in [7, 11) is 0. The number of rotatable bonds is 6. The number of hydrogen-bond acceptors (Lipinski definition) is 3. The smallest absolute Gasteiger partial charge is 0.317 e. The molecule has 0 bridgehead atoms. The third-order valence-corrected chi connectivity index (χ3v) is 3.40. The van der Waals surface area contributed by atoms with Crippen molar-refractivity contribution >= 4 is 21.9 Å². The van der Waals surface area contributed by atoms with Gasteiger partial charge >= 0.3 is 5.97 Å². The summed E-state index contributed by atoms with van der Waals surface area (Å²) in [6.07, 6.45) is 0.902. The highest BCUT2D eigenvalue weighted by Crippen LogP contribution is 2.26. The number of halogens is 1. The first-order valence-electron chi connectivity index (χ1n) is 5.68. The zero-order valence-corrected chi connectivity index (χ0v) is 11.9. The molecule has 1 heterocycles. The van der Waals surface area contributed by atoms with E-state index in [9.17, 15) is 4.79 Å². The summed E-state index contributed by atoms with van der Waals surface area (Å²) in [6.45, 7) is 6.05. The fourth-order valence-electron chi connectivity index (χ4n) is 1.78. The molecule has 0 saturated carbocycles. The topological polar surface area (TPSA) is 53.7 Å². The lowest BCUT2D eigenvalue weighted by atomic mass is 10.1. The van der Waals surface area contributed by atoms with Crippen molar-refractivity contribution in [3.63, 3.8) is 0 Å². The van der Waals surface area contributed by atoms with E-state index in [-0.39, 0.29) is 18.6 Å². The molecule has 4 nitrogen and oxygen atoms in total. The van der Waals surface area contributed by atoms with Crippen molar-refractivity contribution in [2.45, 2.75) is 39.3 Å². The molecule has 0 aromatic carbocycles. The molecule has 17 heavy (non-hydrogen) atoms. The van der Waals surface area contributed by atoms with E-state index in [1.54, 1.807) is 0 Å². The van der Waals surface area contributed by atoms with Crippen LogP contribution in [0.4, 0.5) is 0 Å². The highest BCUT2D eigenvalue weighted by atomic mass is 79.9. The molecule has 2 unspecified atom stereocenters. The number of furan rings is 1. The molecule has 0 aliphatic carbocycles. The summed E-state index contributed by atoms with van der Waals surface area (Å²) < 4.78 is 6.15. The molecule has 1 aromatic heterocycles. The standard InChI is InChI=1S/C12H18BrNO3/c1-4-8(2)14(7-12(15)16)9(3)10-5-6-11(13)17-10/h5-6,8-9H,4,7H2,1-3H3,(H,15,16). The minimum atomic E-state index is -0.817. The van der Waals surface area contributed by atoms with Crippen LogP contribution in [0, 0.1) is 0 Å². The second kappa shape index (κ2) is 6.21. The van der Waals surface area contributed by atoms with Crippen LogP contribution < -0.4 is 0 Å². The average Bonchev–Trinajstić information content (AvgIpc) is 2.70. The maximum atomic E-state index is 10.9. The Morgan fingerprint density at radius 2 is 2.18 bits per heavy atom. The summed E-state index contributed by atoms with van der Waals surface area (Å²) in [4.78, 5) is 12.8. The summed E-state index contributed by atoms with van der Waals surface area (Å²) in [6, 6.07) is 3.84. The van der Waals surface area contributed by atoms with Crippen LogP contribution in [-0.2, 0) is 4.79 Å². The van der Waals surface area contributed by atoms with Gasteiger partial charge in [0.2, 0.25) is 0 Å². The Bertz CT molecular complexity index is 378. The molecule has 0 saturated heterocycles. The summed E-state index contributed by atoms with van der Waals surface area (Å²) in [5.41, 5.74) is 0. The predicted octanol–water partition coefficient (Wildman–Crippen LogP) is 3.29. The first-order valence-corrected chi connectivity index (χ1v) is 6.47. The van der Waals surface area contributed by atoms with E-state index in [1.807, 2.05) is 37.8 Å². The molecular formula is C12H18BrNO3. The second-order valence-corrected chi connectivity index (χ2v) is 4.92. The van der Waals surface area contributed by atoms with E-state index in [4.69, 9.17) is 9.52 Å². The van der Waals surface area contributed by atoms with Crippen LogP contribution in [-0.4, -0.2) is 28.6 Å². The maximum Gasteiger partial charge on any atom is 0.317 e. The Hall–Kier alpha value is -0.810. The van der Waals surface area contributed by atoms with E-state index in [1.165, 1.54) is 0 Å². The van der Waals surface area contributed by atoms with Crippen LogP contribution in [0.25, 0.3) is 0 Å². The highest BCUT2D eigenvalue weighted by Gasteiger charge is 2.24. The molecule has 0 aliphatic heterocycles. The van der Waals surface area contributed by atoms with Gasteiger partial charge in [0.25, 0.3) is 0 Å². The molecule has 0 radical (unpaired) electrons. The average molecular weight is 304 g/mol. The number of aliphatic carboxylic acids is 1. The van der Waals surface area contributed by atoms with Gasteiger partial charge < -0.3 is 9.52 Å². The fourth-order valence-corrected chi connectivity index (χ4v) is 2.10. The summed E-state index contributed by atoms with van der Waals surface area (Å²) >= 11 is 3.25. The van der Waals surface area contributed by atoms with Crippen LogP contribution in [0.1, 0.15) is 39.0 Å². The van der Waals surface area contributed by atoms with Crippen LogP contribution in [0.15, 0.2) is 21.2 Å². The van der Waals surface area contributed by atoms with Crippen molar-refractivity contribution in [1.29, 1.82) is 0 Å². The number of carbonyl (C=O) groups is 1. The molecule has 96 valence electrons. The predicted molar refractivity (Wildman–Crippen MR) is 68.9 cm³/mol. The molecule has 5 heteroatoms. The summed E-state index contributed by atoms with van der Waals surface area (Å²) in [5, 5.41) is 8.95. The van der Waals surface area contributed by atoms with Crippen LogP contribution in [0.3, 0.4) is 0 Å². The minimum Gasteiger partial charge on any atom is -0.480 e. The number of carboxylic acids is 1. The molecule has 0 amide bonds. The minimum absolute atomic E-state index is 0.0223. The van der Waals surface area contributed by atoms with Gasteiger partial charge in [0, 0.05) is 6.04 Å². The van der Waals surface area contributed by atoms with Gasteiger partial charge in [-0.2, -0.15) is 0 Å². The third-order valence-electron chi connectivity index (χ3n) is 2.98. The van der Waals surface area contributed by atoms with Gasteiger partial charge in [0.15, 0.2) is 4.67 Å². The van der Waals surface area contributed by atoms with Gasteiger partial charge in [-0.25, -0.2) is 0 Å². The zero-order chi connectivity index (χ0) is 13.0. The molecule has 0 aliphatic rings. The monoisotopic (exact) mass is 303 g/mol. The van der Waals surface area contributed by atoms with E-state index < -0.39 is 5.97 Å². The molecule has 2 atom stereocenters. The lowest BCUT2D eigenvalue weighted by Gasteiger charge is -2.31. The maximum absolute atomic E-state index is 10.9. The van der Waals surface area contributed by atoms with E-state index in [0.717, 1.165) is 12.2 Å². The second-order valence-electron chi connectivity index (χ2n) is 4.14. The van der Waals surface area contributed by atoms with Crippen LogP contribution in [0.2, 0.25) is 0 Å². The molecular weight excluding hydrogens is 286 g/mol. The van der Waals surface area contributed by atoms with E-state index in [2.05, 4.69) is 15.9 Å². The fraction of sp³-hybridized carbons (Fsp3) is 0.583. The molecule has 0 fully saturated rings. The number of hydrogen-bond donors (Lipinski definition) is 1. The Morgan fingerprint density at radius 3 is 2.59 bits per heavy atom. The van der Waals surface area contributed by atoms with Crippen molar-refractivity contribution in [2.24, 2.45) is 0 Å². The molecule has 0 spiro atoms. The largest absolute Gasteiger partial charge is 0.480 e. The van der Waals surface area contributed by atoms with Crippen LogP contribution >= 0.6 is 15.9 Å². The third kappa shape index (κ3) is 3.85. The van der Waals surface area contributed by atoms with Gasteiger partial charge in [-0.1, -0.05) is 6.92 Å². The molecule has 1 aromatic rings. The SMILES string of the molecule is CCC(C)N(CC(=O)O)C(C)c1ccc(Br)o1. The quantitative estimate of drug-likeness (QED) is 0.876. The first-order chi connectivity index (χ1) is 7.95. The number of nitrogens with zero attached hydrogens (tertiary/aromatic N) is 1. The molecule has 1 N–H and O–H groups in total. The van der Waals surface area contributed by atoms with Crippen LogP contribution in [0.5, 0.6) is 0 Å². The van der Waals surface area contributed by atoms with Gasteiger partial charge in [-0.05, 0) is 48.3 Å². The van der Waals surface area contributed by atoms with Gasteiger partial charge in [0.1, 0.15) is 5.76 Å². The Kier molecular flexibility index (Phi) is 5.21.